The number of esters is 1. The van der Waals surface area contributed by atoms with Crippen LogP contribution in [0, 0.1) is 0 Å². The van der Waals surface area contributed by atoms with E-state index in [2.05, 4.69) is 0 Å². The van der Waals surface area contributed by atoms with E-state index in [9.17, 15) is 19.2 Å². The minimum Gasteiger partial charge on any atom is -0.467 e. The third-order valence-corrected chi connectivity index (χ3v) is 5.39. The van der Waals surface area contributed by atoms with Crippen molar-refractivity contribution in [3.8, 4) is 0 Å². The first-order chi connectivity index (χ1) is 15.6. The van der Waals surface area contributed by atoms with Crippen molar-refractivity contribution in [2.75, 3.05) is 7.11 Å². The zero-order valence-electron chi connectivity index (χ0n) is 20.9. The summed E-state index contributed by atoms with van der Waals surface area (Å²) in [6.07, 6.45) is 0.0291. The van der Waals surface area contributed by atoms with Gasteiger partial charge in [-0.1, -0.05) is 12.1 Å². The van der Waals surface area contributed by atoms with Crippen molar-refractivity contribution in [2.24, 2.45) is 0 Å². The van der Waals surface area contributed by atoms with E-state index < -0.39 is 47.2 Å². The summed E-state index contributed by atoms with van der Waals surface area (Å²) in [6.45, 7) is 12.0. The quantitative estimate of drug-likeness (QED) is 0.448. The molecule has 1 aromatic heterocycles. The SMILES string of the molecule is COC(=O)[C@@H]1Cc2cn(C(=O)OC(C)(C)C)c3cccc(c23)[C@H](C)C(=O)N1C(=O)OC(C)(C)C. The number of benzene rings is 1. The lowest BCUT2D eigenvalue weighted by Gasteiger charge is -2.33. The fourth-order valence-corrected chi connectivity index (χ4v) is 4.02. The van der Waals surface area contributed by atoms with Crippen LogP contribution >= 0.6 is 0 Å². The first kappa shape index (κ1) is 25.3. The molecular weight excluding hydrogens is 440 g/mol. The second-order valence-electron chi connectivity index (χ2n) is 10.4. The van der Waals surface area contributed by atoms with Gasteiger partial charge < -0.3 is 14.2 Å². The second-order valence-corrected chi connectivity index (χ2v) is 10.4. The maximum absolute atomic E-state index is 13.6. The topological polar surface area (TPSA) is 104 Å². The number of carbonyl (C=O) groups is 4. The molecule has 0 aliphatic carbocycles. The number of nitrogens with zero attached hydrogens (tertiary/aromatic N) is 2. The van der Waals surface area contributed by atoms with Gasteiger partial charge in [0, 0.05) is 18.0 Å². The van der Waals surface area contributed by atoms with E-state index in [-0.39, 0.29) is 6.42 Å². The zero-order valence-corrected chi connectivity index (χ0v) is 20.9. The molecule has 2 amide bonds. The van der Waals surface area contributed by atoms with Crippen LogP contribution in [0.1, 0.15) is 65.5 Å². The molecule has 1 aromatic carbocycles. The number of aromatic nitrogens is 1. The molecule has 0 saturated carbocycles. The summed E-state index contributed by atoms with van der Waals surface area (Å²) in [7, 11) is 1.19. The number of rotatable bonds is 1. The molecule has 0 saturated heterocycles. The van der Waals surface area contributed by atoms with Crippen LogP contribution in [0.4, 0.5) is 9.59 Å². The number of hydrogen-bond donors (Lipinski definition) is 0. The van der Waals surface area contributed by atoms with Crippen molar-refractivity contribution in [2.45, 2.75) is 78.0 Å². The summed E-state index contributed by atoms with van der Waals surface area (Å²) >= 11 is 0. The van der Waals surface area contributed by atoms with Crippen molar-refractivity contribution in [3.05, 3.63) is 35.5 Å². The predicted octanol–water partition coefficient (Wildman–Crippen LogP) is 4.39. The third-order valence-electron chi connectivity index (χ3n) is 5.39. The Labute approximate surface area is 198 Å². The summed E-state index contributed by atoms with van der Waals surface area (Å²) in [5.74, 6) is -2.14. The van der Waals surface area contributed by atoms with Gasteiger partial charge in [0.1, 0.15) is 17.2 Å². The molecule has 0 N–H and O–H groups in total. The van der Waals surface area contributed by atoms with Crippen LogP contribution in [0.15, 0.2) is 24.4 Å². The first-order valence-electron chi connectivity index (χ1n) is 11.1. The van der Waals surface area contributed by atoms with Gasteiger partial charge in [0.15, 0.2) is 0 Å². The summed E-state index contributed by atoms with van der Waals surface area (Å²) < 4.78 is 17.3. The molecule has 0 spiro atoms. The highest BCUT2D eigenvalue weighted by Crippen LogP contribution is 2.36. The molecule has 1 aliphatic heterocycles. The lowest BCUT2D eigenvalue weighted by molar-refractivity contribution is -0.152. The van der Waals surface area contributed by atoms with Crippen LogP contribution in [0.2, 0.25) is 0 Å². The molecule has 0 radical (unpaired) electrons. The Kier molecular flexibility index (Phi) is 6.52. The molecule has 0 unspecified atom stereocenters. The molecule has 2 heterocycles. The van der Waals surface area contributed by atoms with Crippen molar-refractivity contribution < 1.29 is 33.4 Å². The monoisotopic (exact) mass is 472 g/mol. The highest BCUT2D eigenvalue weighted by molar-refractivity contribution is 6.04. The molecule has 2 atom stereocenters. The number of carbonyl (C=O) groups excluding carboxylic acids is 4. The third kappa shape index (κ3) is 4.93. The van der Waals surface area contributed by atoms with E-state index in [1.54, 1.807) is 72.9 Å². The van der Waals surface area contributed by atoms with E-state index in [4.69, 9.17) is 14.2 Å². The van der Waals surface area contributed by atoms with Crippen LogP contribution in [0.5, 0.6) is 0 Å². The molecule has 9 nitrogen and oxygen atoms in total. The van der Waals surface area contributed by atoms with Gasteiger partial charge >= 0.3 is 18.2 Å². The molecular formula is C25H32N2O7. The average Bonchev–Trinajstić information content (AvgIpc) is 3.07. The van der Waals surface area contributed by atoms with Gasteiger partial charge in [0.25, 0.3) is 0 Å². The number of amides is 2. The van der Waals surface area contributed by atoms with E-state index in [0.29, 0.717) is 22.0 Å². The average molecular weight is 473 g/mol. The standard InChI is InChI=1S/C25H32N2O7/c1-14-16-10-9-11-17-19(16)15(13-26(17)22(30)33-24(2,3)4)12-18(21(29)32-8)27(20(14)28)23(31)34-25(5,6)7/h9-11,13-14,18H,12H2,1-8H3/t14-,18-/m0/s1. The summed E-state index contributed by atoms with van der Waals surface area (Å²) in [5, 5.41) is 0.673. The summed E-state index contributed by atoms with van der Waals surface area (Å²) in [5.41, 5.74) is 0.201. The van der Waals surface area contributed by atoms with Crippen molar-refractivity contribution in [3.63, 3.8) is 0 Å². The lowest BCUT2D eigenvalue weighted by atomic mass is 9.89. The highest BCUT2D eigenvalue weighted by atomic mass is 16.6. The molecule has 9 heteroatoms. The fraction of sp³-hybridized carbons (Fsp3) is 0.520. The van der Waals surface area contributed by atoms with Gasteiger partial charge in [-0.05, 0) is 65.7 Å². The number of ether oxygens (including phenoxy) is 3. The van der Waals surface area contributed by atoms with Crippen molar-refractivity contribution in [1.82, 2.24) is 9.47 Å². The van der Waals surface area contributed by atoms with Crippen LogP contribution in [0.25, 0.3) is 10.9 Å². The molecule has 0 fully saturated rings. The Hall–Kier alpha value is -3.36. The first-order valence-corrected chi connectivity index (χ1v) is 11.1. The van der Waals surface area contributed by atoms with Crippen molar-refractivity contribution in [1.29, 1.82) is 0 Å². The van der Waals surface area contributed by atoms with Crippen LogP contribution < -0.4 is 0 Å². The van der Waals surface area contributed by atoms with Gasteiger partial charge in [-0.25, -0.2) is 19.3 Å². The number of methoxy groups -OCH3 is 1. The van der Waals surface area contributed by atoms with Gasteiger partial charge in [0.05, 0.1) is 18.5 Å². The number of imide groups is 1. The highest BCUT2D eigenvalue weighted by Gasteiger charge is 2.43. The Bertz CT molecular complexity index is 1150. The van der Waals surface area contributed by atoms with Gasteiger partial charge in [0.2, 0.25) is 5.91 Å². The molecule has 3 rings (SSSR count). The van der Waals surface area contributed by atoms with Gasteiger partial charge in [-0.2, -0.15) is 0 Å². The van der Waals surface area contributed by atoms with Crippen LogP contribution in [0.3, 0.4) is 0 Å². The van der Waals surface area contributed by atoms with E-state index in [1.807, 2.05) is 0 Å². The Morgan fingerprint density at radius 3 is 2.12 bits per heavy atom. The molecule has 34 heavy (non-hydrogen) atoms. The summed E-state index contributed by atoms with van der Waals surface area (Å²) in [4.78, 5) is 53.2. The van der Waals surface area contributed by atoms with E-state index in [1.165, 1.54) is 11.7 Å². The van der Waals surface area contributed by atoms with E-state index in [0.717, 1.165) is 4.90 Å². The number of hydrogen-bond acceptors (Lipinski definition) is 7. The Morgan fingerprint density at radius 1 is 0.971 bits per heavy atom. The second kappa shape index (κ2) is 8.77. The maximum atomic E-state index is 13.6. The zero-order chi connectivity index (χ0) is 25.6. The van der Waals surface area contributed by atoms with Crippen molar-refractivity contribution >= 4 is 35.0 Å². The van der Waals surface area contributed by atoms with Crippen LogP contribution in [-0.2, 0) is 30.2 Å². The van der Waals surface area contributed by atoms with Crippen LogP contribution in [-0.4, -0.2) is 57.9 Å². The predicted molar refractivity (Wildman–Crippen MR) is 125 cm³/mol. The van der Waals surface area contributed by atoms with Gasteiger partial charge in [-0.3, -0.25) is 9.36 Å². The Balaban J connectivity index is 2.21. The fourth-order valence-electron chi connectivity index (χ4n) is 4.02. The largest absolute Gasteiger partial charge is 0.467 e. The Morgan fingerprint density at radius 2 is 1.56 bits per heavy atom. The van der Waals surface area contributed by atoms with E-state index >= 15 is 0 Å². The van der Waals surface area contributed by atoms with Gasteiger partial charge in [-0.15, -0.1) is 0 Å². The smallest absolute Gasteiger partial charge is 0.419 e. The minimum absolute atomic E-state index is 0.0479. The normalized spacial score (nSPS) is 18.8. The molecule has 0 bridgehead atoms. The lowest BCUT2D eigenvalue weighted by Crippen LogP contribution is -2.53. The minimum atomic E-state index is -1.26. The molecule has 2 aromatic rings. The summed E-state index contributed by atoms with van der Waals surface area (Å²) in [6, 6.07) is 4.01. The maximum Gasteiger partial charge on any atom is 0.419 e. The molecule has 184 valence electrons. The molecule has 1 aliphatic rings.